The van der Waals surface area contributed by atoms with Gasteiger partial charge >= 0.3 is 0 Å². The molecule has 1 atom stereocenters. The van der Waals surface area contributed by atoms with Crippen molar-refractivity contribution in [3.8, 4) is 0 Å². The monoisotopic (exact) mass is 372 g/mol. The lowest BCUT2D eigenvalue weighted by molar-refractivity contribution is 0.380. The summed E-state index contributed by atoms with van der Waals surface area (Å²) in [6.45, 7) is 2.12. The van der Waals surface area contributed by atoms with E-state index in [0.29, 0.717) is 24.6 Å². The molecule has 0 aliphatic carbocycles. The number of nitrogens with zero attached hydrogens (tertiary/aromatic N) is 2. The Bertz CT molecular complexity index is 1060. The van der Waals surface area contributed by atoms with Crippen LogP contribution in [0.2, 0.25) is 0 Å². The highest BCUT2D eigenvalue weighted by atomic mass is 16.5. The van der Waals surface area contributed by atoms with Crippen LogP contribution >= 0.6 is 0 Å². The molecule has 0 amide bonds. The van der Waals surface area contributed by atoms with Crippen LogP contribution in [0.3, 0.4) is 0 Å². The summed E-state index contributed by atoms with van der Waals surface area (Å²) >= 11 is 0. The fraction of sp³-hybridized carbons (Fsp3) is 0.261. The molecule has 0 unspecified atom stereocenters. The van der Waals surface area contributed by atoms with Gasteiger partial charge in [0, 0.05) is 23.5 Å². The van der Waals surface area contributed by atoms with E-state index in [0.717, 1.165) is 23.9 Å². The summed E-state index contributed by atoms with van der Waals surface area (Å²) in [6, 6.07) is 16.5. The SMILES string of the molecule is CC[C@@H](C=N)Cc1c[nH]c2ccc(Cc3nc(Cc4ccccc4)no3)cc12. The molecule has 2 N–H and O–H groups in total. The topological polar surface area (TPSA) is 78.6 Å². The van der Waals surface area contributed by atoms with Gasteiger partial charge in [0.1, 0.15) is 0 Å². The summed E-state index contributed by atoms with van der Waals surface area (Å²) < 4.78 is 5.47. The Morgan fingerprint density at radius 3 is 2.75 bits per heavy atom. The minimum Gasteiger partial charge on any atom is -0.361 e. The van der Waals surface area contributed by atoms with Crippen molar-refractivity contribution < 1.29 is 4.52 Å². The molecular weight excluding hydrogens is 348 g/mol. The number of H-pyrrole nitrogens is 1. The molecule has 2 aromatic carbocycles. The maximum absolute atomic E-state index is 7.58. The van der Waals surface area contributed by atoms with Gasteiger partial charge in [-0.05, 0) is 53.8 Å². The summed E-state index contributed by atoms with van der Waals surface area (Å²) in [5, 5.41) is 12.9. The average molecular weight is 372 g/mol. The zero-order valence-corrected chi connectivity index (χ0v) is 16.0. The first-order valence-corrected chi connectivity index (χ1v) is 9.70. The van der Waals surface area contributed by atoms with Crippen LogP contribution in [0.25, 0.3) is 10.9 Å². The molecule has 0 aliphatic heterocycles. The predicted octanol–water partition coefficient (Wildman–Crippen LogP) is 4.95. The van der Waals surface area contributed by atoms with Crippen LogP contribution in [0, 0.1) is 11.3 Å². The van der Waals surface area contributed by atoms with Gasteiger partial charge in [0.25, 0.3) is 0 Å². The van der Waals surface area contributed by atoms with Crippen molar-refractivity contribution in [2.75, 3.05) is 0 Å². The molecule has 5 nitrogen and oxygen atoms in total. The lowest BCUT2D eigenvalue weighted by Crippen LogP contribution is -2.03. The zero-order chi connectivity index (χ0) is 19.3. The summed E-state index contributed by atoms with van der Waals surface area (Å²) in [5.41, 5.74) is 4.69. The molecule has 142 valence electrons. The normalized spacial score (nSPS) is 12.3. The van der Waals surface area contributed by atoms with E-state index in [1.165, 1.54) is 16.5 Å². The quantitative estimate of drug-likeness (QED) is 0.430. The number of aromatic nitrogens is 3. The minimum atomic E-state index is 0.277. The lowest BCUT2D eigenvalue weighted by atomic mass is 9.97. The van der Waals surface area contributed by atoms with Crippen LogP contribution in [0.1, 0.15) is 41.8 Å². The molecule has 0 spiro atoms. The standard InChI is InChI=1S/C23H24N4O/c1-2-16(14-24)10-19-15-25-21-9-8-18(11-20(19)21)13-23-26-22(27-28-23)12-17-6-4-3-5-7-17/h3-9,11,14-16,24-25H,2,10,12-13H2,1H3/t16-/m1/s1. The van der Waals surface area contributed by atoms with Crippen LogP contribution < -0.4 is 0 Å². The van der Waals surface area contributed by atoms with Crippen LogP contribution in [-0.4, -0.2) is 21.3 Å². The van der Waals surface area contributed by atoms with Gasteiger partial charge in [-0.15, -0.1) is 0 Å². The molecule has 0 saturated carbocycles. The van der Waals surface area contributed by atoms with Gasteiger partial charge < -0.3 is 14.9 Å². The van der Waals surface area contributed by atoms with Gasteiger partial charge in [0.05, 0.1) is 6.42 Å². The summed E-state index contributed by atoms with van der Waals surface area (Å²) in [7, 11) is 0. The fourth-order valence-corrected chi connectivity index (χ4v) is 3.49. The van der Waals surface area contributed by atoms with Crippen molar-refractivity contribution in [2.24, 2.45) is 5.92 Å². The van der Waals surface area contributed by atoms with Gasteiger partial charge in [0.2, 0.25) is 5.89 Å². The highest BCUT2D eigenvalue weighted by molar-refractivity contribution is 5.84. The highest BCUT2D eigenvalue weighted by Gasteiger charge is 2.12. The third-order valence-electron chi connectivity index (χ3n) is 5.14. The molecule has 0 saturated heterocycles. The fourth-order valence-electron chi connectivity index (χ4n) is 3.49. The Labute approximate surface area is 164 Å². The molecule has 5 heteroatoms. The summed E-state index contributed by atoms with van der Waals surface area (Å²) in [4.78, 5) is 7.89. The second-order valence-electron chi connectivity index (χ2n) is 7.18. The van der Waals surface area contributed by atoms with Crippen LogP contribution in [0.5, 0.6) is 0 Å². The Morgan fingerprint density at radius 2 is 1.96 bits per heavy atom. The van der Waals surface area contributed by atoms with Crippen molar-refractivity contribution in [1.82, 2.24) is 15.1 Å². The molecule has 2 aromatic heterocycles. The molecule has 28 heavy (non-hydrogen) atoms. The number of hydrogen-bond acceptors (Lipinski definition) is 4. The van der Waals surface area contributed by atoms with Crippen molar-refractivity contribution in [2.45, 2.75) is 32.6 Å². The van der Waals surface area contributed by atoms with Crippen molar-refractivity contribution in [3.63, 3.8) is 0 Å². The van der Waals surface area contributed by atoms with Crippen molar-refractivity contribution in [1.29, 1.82) is 5.41 Å². The second kappa shape index (κ2) is 8.21. The second-order valence-corrected chi connectivity index (χ2v) is 7.18. The largest absolute Gasteiger partial charge is 0.361 e. The van der Waals surface area contributed by atoms with E-state index in [-0.39, 0.29) is 5.92 Å². The van der Waals surface area contributed by atoms with E-state index >= 15 is 0 Å². The Balaban J connectivity index is 1.51. The molecule has 0 fully saturated rings. The van der Waals surface area contributed by atoms with Gasteiger partial charge in [-0.1, -0.05) is 48.5 Å². The number of hydrogen-bond donors (Lipinski definition) is 2. The van der Waals surface area contributed by atoms with Gasteiger partial charge in [-0.3, -0.25) is 0 Å². The van der Waals surface area contributed by atoms with E-state index in [1.54, 1.807) is 6.21 Å². The Kier molecular flexibility index (Phi) is 5.33. The number of benzene rings is 2. The van der Waals surface area contributed by atoms with Crippen molar-refractivity contribution in [3.05, 3.63) is 83.1 Å². The summed E-state index contributed by atoms with van der Waals surface area (Å²) in [5.74, 6) is 1.62. The van der Waals surface area contributed by atoms with Gasteiger partial charge in [-0.25, -0.2) is 0 Å². The Hall–Kier alpha value is -3.21. The maximum atomic E-state index is 7.58. The minimum absolute atomic E-state index is 0.277. The third-order valence-corrected chi connectivity index (χ3v) is 5.14. The van der Waals surface area contributed by atoms with E-state index in [9.17, 15) is 0 Å². The lowest BCUT2D eigenvalue weighted by Gasteiger charge is -2.07. The van der Waals surface area contributed by atoms with E-state index in [1.807, 2.05) is 18.2 Å². The molecule has 2 heterocycles. The molecular formula is C23H24N4O. The predicted molar refractivity (Wildman–Crippen MR) is 111 cm³/mol. The van der Waals surface area contributed by atoms with Crippen LogP contribution in [0.4, 0.5) is 0 Å². The first-order chi connectivity index (χ1) is 13.7. The van der Waals surface area contributed by atoms with Crippen molar-refractivity contribution >= 4 is 17.1 Å². The van der Waals surface area contributed by atoms with E-state index in [4.69, 9.17) is 9.93 Å². The third kappa shape index (κ3) is 4.03. The molecule has 4 rings (SSSR count). The van der Waals surface area contributed by atoms with Gasteiger partial charge in [0.15, 0.2) is 5.82 Å². The van der Waals surface area contributed by atoms with Crippen LogP contribution in [-0.2, 0) is 19.3 Å². The number of nitrogens with one attached hydrogen (secondary N) is 2. The molecule has 0 aliphatic rings. The first kappa shape index (κ1) is 18.2. The first-order valence-electron chi connectivity index (χ1n) is 9.70. The van der Waals surface area contributed by atoms with E-state index < -0.39 is 0 Å². The smallest absolute Gasteiger partial charge is 0.231 e. The number of aromatic amines is 1. The van der Waals surface area contributed by atoms with Gasteiger partial charge in [-0.2, -0.15) is 4.98 Å². The molecule has 4 aromatic rings. The molecule has 0 radical (unpaired) electrons. The highest BCUT2D eigenvalue weighted by Crippen LogP contribution is 2.24. The number of rotatable bonds is 8. The summed E-state index contributed by atoms with van der Waals surface area (Å²) in [6.07, 6.45) is 6.76. The van der Waals surface area contributed by atoms with Crippen LogP contribution in [0.15, 0.2) is 59.3 Å². The molecule has 0 bridgehead atoms. The Morgan fingerprint density at radius 1 is 1.11 bits per heavy atom. The number of fused-ring (bicyclic) bond motifs is 1. The average Bonchev–Trinajstić information content (AvgIpc) is 3.33. The zero-order valence-electron chi connectivity index (χ0n) is 16.0. The van der Waals surface area contributed by atoms with E-state index in [2.05, 4.69) is 58.6 Å². The maximum Gasteiger partial charge on any atom is 0.231 e.